The maximum Gasteiger partial charge on any atom is 0.262 e. The van der Waals surface area contributed by atoms with E-state index in [-0.39, 0.29) is 16.9 Å². The molecule has 1 aliphatic rings. The van der Waals surface area contributed by atoms with E-state index in [1.165, 1.54) is 10.5 Å². The number of benzene rings is 2. The molecule has 2 aromatic carbocycles. The van der Waals surface area contributed by atoms with Gasteiger partial charge >= 0.3 is 0 Å². The Morgan fingerprint density at radius 2 is 1.76 bits per heavy atom. The van der Waals surface area contributed by atoms with Crippen LogP contribution >= 0.6 is 0 Å². The van der Waals surface area contributed by atoms with Gasteiger partial charge in [-0.05, 0) is 56.2 Å². The van der Waals surface area contributed by atoms with Gasteiger partial charge in [-0.3, -0.25) is 4.79 Å². The number of hydrogen-bond donors (Lipinski definition) is 2. The number of sulfonamides is 1. The lowest BCUT2D eigenvalue weighted by molar-refractivity contribution is -0.120. The number of anilines is 1. The number of H-pyrrole nitrogens is 1. The summed E-state index contributed by atoms with van der Waals surface area (Å²) in [5, 5.41) is 3.02. The summed E-state index contributed by atoms with van der Waals surface area (Å²) in [6.45, 7) is 2.35. The minimum Gasteiger partial charge on any atom is -0.338 e. The normalized spacial score (nSPS) is 15.6. The first kappa shape index (κ1) is 22.3. The number of nitrogens with one attached hydrogen (secondary N) is 2. The highest BCUT2D eigenvalue weighted by molar-refractivity contribution is 7.89. The van der Waals surface area contributed by atoms with Crippen molar-refractivity contribution >= 4 is 32.7 Å². The number of nitrogens with zero attached hydrogens (tertiary/aromatic N) is 4. The summed E-state index contributed by atoms with van der Waals surface area (Å²) in [6.07, 6.45) is 2.46. The van der Waals surface area contributed by atoms with Crippen molar-refractivity contribution in [3.63, 3.8) is 0 Å². The van der Waals surface area contributed by atoms with Crippen LogP contribution in [-0.2, 0) is 21.9 Å². The highest BCUT2D eigenvalue weighted by Gasteiger charge is 2.33. The van der Waals surface area contributed by atoms with E-state index in [0.29, 0.717) is 37.4 Å². The number of aryl methyl sites for hydroxylation is 2. The fraction of sp³-hybridized carbons (Fsp3) is 0.292. The van der Waals surface area contributed by atoms with E-state index >= 15 is 0 Å². The first-order chi connectivity index (χ1) is 16.3. The zero-order valence-electron chi connectivity index (χ0n) is 19.0. The lowest BCUT2D eigenvalue weighted by Gasteiger charge is -2.29. The van der Waals surface area contributed by atoms with Crippen LogP contribution in [0.25, 0.3) is 22.4 Å². The molecule has 1 aliphatic heterocycles. The molecule has 0 radical (unpaired) electrons. The number of carbonyl (C=O) groups excluding carboxylic acids is 1. The Morgan fingerprint density at radius 3 is 2.41 bits per heavy atom. The van der Waals surface area contributed by atoms with Gasteiger partial charge in [-0.1, -0.05) is 12.1 Å². The summed E-state index contributed by atoms with van der Waals surface area (Å²) < 4.78 is 28.8. The molecule has 1 fully saturated rings. The Morgan fingerprint density at radius 1 is 1.06 bits per heavy atom. The first-order valence-electron chi connectivity index (χ1n) is 11.2. The molecule has 2 N–H and O–H groups in total. The van der Waals surface area contributed by atoms with Crippen LogP contribution in [0.2, 0.25) is 0 Å². The Balaban J connectivity index is 1.20. The summed E-state index contributed by atoms with van der Waals surface area (Å²) in [6, 6.07) is 15.4. The molecule has 176 valence electrons. The molecular weight excluding hydrogens is 452 g/mol. The highest BCUT2D eigenvalue weighted by Crippen LogP contribution is 2.26. The maximum absolute atomic E-state index is 12.9. The van der Waals surface area contributed by atoms with Gasteiger partial charge in [0.1, 0.15) is 11.6 Å². The van der Waals surface area contributed by atoms with Crippen LogP contribution in [0.3, 0.4) is 0 Å². The second-order valence-electron chi connectivity index (χ2n) is 8.58. The Hall–Kier alpha value is -3.50. The Kier molecular flexibility index (Phi) is 5.70. The number of piperidine rings is 1. The second kappa shape index (κ2) is 8.69. The number of imidazole rings is 2. The van der Waals surface area contributed by atoms with Crippen molar-refractivity contribution in [3.05, 3.63) is 60.6 Å². The van der Waals surface area contributed by atoms with E-state index in [4.69, 9.17) is 0 Å². The molecule has 0 atom stereocenters. The van der Waals surface area contributed by atoms with Crippen LogP contribution in [0.4, 0.5) is 5.69 Å². The molecule has 1 saturated heterocycles. The Labute approximate surface area is 197 Å². The lowest BCUT2D eigenvalue weighted by atomic mass is 9.97. The highest BCUT2D eigenvalue weighted by atomic mass is 32.2. The van der Waals surface area contributed by atoms with Crippen LogP contribution < -0.4 is 5.32 Å². The second-order valence-corrected chi connectivity index (χ2v) is 10.5. The van der Waals surface area contributed by atoms with Crippen LogP contribution in [0, 0.1) is 12.8 Å². The quantitative estimate of drug-likeness (QED) is 0.457. The molecule has 0 bridgehead atoms. The molecule has 0 unspecified atom stereocenters. The van der Waals surface area contributed by atoms with Crippen molar-refractivity contribution in [3.8, 4) is 11.4 Å². The third-order valence-electron chi connectivity index (χ3n) is 6.33. The van der Waals surface area contributed by atoms with Crippen LogP contribution in [0.1, 0.15) is 18.7 Å². The van der Waals surface area contributed by atoms with Gasteiger partial charge in [0.2, 0.25) is 5.91 Å². The van der Waals surface area contributed by atoms with Gasteiger partial charge in [-0.25, -0.2) is 18.4 Å². The summed E-state index contributed by atoms with van der Waals surface area (Å²) >= 11 is 0. The molecule has 10 heteroatoms. The van der Waals surface area contributed by atoms with Crippen molar-refractivity contribution in [1.29, 1.82) is 0 Å². The number of amides is 1. The van der Waals surface area contributed by atoms with E-state index in [2.05, 4.69) is 20.3 Å². The summed E-state index contributed by atoms with van der Waals surface area (Å²) in [5.74, 6) is 1.07. The van der Waals surface area contributed by atoms with Crippen molar-refractivity contribution in [2.45, 2.75) is 24.8 Å². The van der Waals surface area contributed by atoms with Crippen LogP contribution in [0.5, 0.6) is 0 Å². The van der Waals surface area contributed by atoms with Crippen LogP contribution in [-0.4, -0.2) is 51.2 Å². The molecule has 4 aromatic rings. The van der Waals surface area contributed by atoms with Crippen molar-refractivity contribution in [2.24, 2.45) is 13.0 Å². The van der Waals surface area contributed by atoms with Crippen LogP contribution in [0.15, 0.2) is 59.8 Å². The minimum atomic E-state index is -3.65. The zero-order chi connectivity index (χ0) is 23.9. The first-order valence-corrected chi connectivity index (χ1v) is 12.6. The van der Waals surface area contributed by atoms with E-state index < -0.39 is 10.0 Å². The van der Waals surface area contributed by atoms with Gasteiger partial charge in [0.25, 0.3) is 10.0 Å². The number of rotatable bonds is 5. The van der Waals surface area contributed by atoms with Gasteiger partial charge in [-0.15, -0.1) is 0 Å². The van der Waals surface area contributed by atoms with E-state index in [1.54, 1.807) is 18.5 Å². The molecule has 0 saturated carbocycles. The van der Waals surface area contributed by atoms with Gasteiger partial charge < -0.3 is 14.9 Å². The summed E-state index contributed by atoms with van der Waals surface area (Å²) in [4.78, 5) is 24.9. The molecule has 2 aromatic heterocycles. The third-order valence-corrected chi connectivity index (χ3v) is 8.10. The lowest BCUT2D eigenvalue weighted by Crippen LogP contribution is -2.41. The summed E-state index contributed by atoms with van der Waals surface area (Å²) in [5.41, 5.74) is 3.50. The van der Waals surface area contributed by atoms with E-state index in [0.717, 1.165) is 22.4 Å². The van der Waals surface area contributed by atoms with E-state index in [1.807, 2.05) is 48.5 Å². The SMILES string of the molecule is Cc1nc(S(=O)(=O)N2CCC(C(=O)Nc3ccc(-c4nc5ccccc5[nH]4)cc3)CC2)cn1C. The molecule has 5 rings (SSSR count). The predicted molar refractivity (Wildman–Crippen MR) is 130 cm³/mol. The van der Waals surface area contributed by atoms with Gasteiger partial charge in [0.05, 0.1) is 11.0 Å². The maximum atomic E-state index is 12.9. The molecule has 0 spiro atoms. The standard InChI is InChI=1S/C24H26N6O3S/c1-16-25-22(15-29(16)2)34(32,33)30-13-11-18(12-14-30)24(31)26-19-9-7-17(8-10-19)23-27-20-5-3-4-6-21(20)28-23/h3-10,15,18H,11-14H2,1-2H3,(H,26,31)(H,27,28). The predicted octanol–water partition coefficient (Wildman–Crippen LogP) is 3.31. The average molecular weight is 479 g/mol. The van der Waals surface area contributed by atoms with Crippen molar-refractivity contribution in [1.82, 2.24) is 23.8 Å². The molecule has 9 nitrogen and oxygen atoms in total. The zero-order valence-corrected chi connectivity index (χ0v) is 19.8. The molecule has 0 aliphatic carbocycles. The minimum absolute atomic E-state index is 0.0555. The molecule has 34 heavy (non-hydrogen) atoms. The smallest absolute Gasteiger partial charge is 0.262 e. The van der Waals surface area contributed by atoms with Gasteiger partial charge in [0, 0.05) is 43.5 Å². The Bertz CT molecular complexity index is 1400. The number of aromatic amines is 1. The monoisotopic (exact) mass is 478 g/mol. The molecular formula is C24H26N6O3S. The topological polar surface area (TPSA) is 113 Å². The number of hydrogen-bond acceptors (Lipinski definition) is 5. The third kappa shape index (κ3) is 4.22. The number of fused-ring (bicyclic) bond motifs is 1. The summed E-state index contributed by atoms with van der Waals surface area (Å²) in [7, 11) is -1.89. The van der Waals surface area contributed by atoms with Gasteiger partial charge in [0.15, 0.2) is 5.03 Å². The van der Waals surface area contributed by atoms with Crippen molar-refractivity contribution in [2.75, 3.05) is 18.4 Å². The van der Waals surface area contributed by atoms with Crippen molar-refractivity contribution < 1.29 is 13.2 Å². The fourth-order valence-electron chi connectivity index (χ4n) is 4.19. The number of para-hydroxylation sites is 2. The number of aromatic nitrogens is 4. The molecule has 3 heterocycles. The van der Waals surface area contributed by atoms with Gasteiger partial charge in [-0.2, -0.15) is 4.31 Å². The molecule has 1 amide bonds. The van der Waals surface area contributed by atoms with E-state index in [9.17, 15) is 13.2 Å². The number of carbonyl (C=O) groups is 1. The average Bonchev–Trinajstić information content (AvgIpc) is 3.43. The largest absolute Gasteiger partial charge is 0.338 e. The fourth-order valence-corrected chi connectivity index (χ4v) is 5.68.